The van der Waals surface area contributed by atoms with Gasteiger partial charge in [-0.2, -0.15) is 0 Å². The van der Waals surface area contributed by atoms with E-state index in [-0.39, 0.29) is 11.9 Å². The summed E-state index contributed by atoms with van der Waals surface area (Å²) in [6.07, 6.45) is 2.63. The van der Waals surface area contributed by atoms with Crippen LogP contribution >= 0.6 is 0 Å². The Morgan fingerprint density at radius 3 is 2.65 bits per heavy atom. The number of anilines is 2. The van der Waals surface area contributed by atoms with Crippen molar-refractivity contribution < 1.29 is 4.39 Å². The molecule has 1 aromatic heterocycles. The fourth-order valence-corrected chi connectivity index (χ4v) is 2.11. The number of benzene rings is 1. The minimum absolute atomic E-state index is 0.196. The van der Waals surface area contributed by atoms with Crippen LogP contribution in [0, 0.1) is 5.82 Å². The molecular formula is C16H20FN3. The molecule has 0 saturated heterocycles. The van der Waals surface area contributed by atoms with E-state index in [0.29, 0.717) is 0 Å². The molecule has 2 rings (SSSR count). The van der Waals surface area contributed by atoms with Crippen LogP contribution in [-0.2, 0) is 6.42 Å². The third-order valence-corrected chi connectivity index (χ3v) is 2.99. The second-order valence-electron chi connectivity index (χ2n) is 4.84. The SMILES string of the molecule is CCNc1cc(NC(C)Cc2ccc(F)cc2)ccn1. The Balaban J connectivity index is 1.95. The number of aromatic nitrogens is 1. The lowest BCUT2D eigenvalue weighted by Crippen LogP contribution is -2.18. The zero-order valence-electron chi connectivity index (χ0n) is 11.9. The van der Waals surface area contributed by atoms with E-state index in [1.807, 2.05) is 31.2 Å². The summed E-state index contributed by atoms with van der Waals surface area (Å²) in [7, 11) is 0. The summed E-state index contributed by atoms with van der Waals surface area (Å²) < 4.78 is 12.9. The van der Waals surface area contributed by atoms with Crippen molar-refractivity contribution in [1.82, 2.24) is 4.98 Å². The highest BCUT2D eigenvalue weighted by Gasteiger charge is 2.05. The minimum Gasteiger partial charge on any atom is -0.382 e. The molecule has 4 heteroatoms. The van der Waals surface area contributed by atoms with E-state index in [1.165, 1.54) is 12.1 Å². The van der Waals surface area contributed by atoms with Crippen LogP contribution in [0.25, 0.3) is 0 Å². The van der Waals surface area contributed by atoms with Gasteiger partial charge in [0.1, 0.15) is 11.6 Å². The van der Waals surface area contributed by atoms with Gasteiger partial charge in [0.2, 0.25) is 0 Å². The van der Waals surface area contributed by atoms with Crippen LogP contribution in [-0.4, -0.2) is 17.6 Å². The monoisotopic (exact) mass is 273 g/mol. The van der Waals surface area contributed by atoms with E-state index in [2.05, 4.69) is 22.5 Å². The zero-order valence-corrected chi connectivity index (χ0v) is 11.9. The molecule has 0 fully saturated rings. The van der Waals surface area contributed by atoms with E-state index in [0.717, 1.165) is 30.0 Å². The Morgan fingerprint density at radius 1 is 1.20 bits per heavy atom. The fraction of sp³-hybridized carbons (Fsp3) is 0.312. The van der Waals surface area contributed by atoms with Gasteiger partial charge in [-0.25, -0.2) is 9.37 Å². The van der Waals surface area contributed by atoms with Crippen molar-refractivity contribution in [3.8, 4) is 0 Å². The van der Waals surface area contributed by atoms with Gasteiger partial charge >= 0.3 is 0 Å². The van der Waals surface area contributed by atoms with Crippen molar-refractivity contribution in [2.24, 2.45) is 0 Å². The number of nitrogens with one attached hydrogen (secondary N) is 2. The largest absolute Gasteiger partial charge is 0.382 e. The lowest BCUT2D eigenvalue weighted by atomic mass is 10.1. The van der Waals surface area contributed by atoms with Crippen LogP contribution in [0.5, 0.6) is 0 Å². The highest BCUT2D eigenvalue weighted by molar-refractivity contribution is 5.52. The average molecular weight is 273 g/mol. The first-order valence-corrected chi connectivity index (χ1v) is 6.88. The van der Waals surface area contributed by atoms with Crippen molar-refractivity contribution in [2.75, 3.05) is 17.2 Å². The second-order valence-corrected chi connectivity index (χ2v) is 4.84. The van der Waals surface area contributed by atoms with Crippen molar-refractivity contribution in [1.29, 1.82) is 0 Å². The molecule has 0 saturated carbocycles. The van der Waals surface area contributed by atoms with E-state index < -0.39 is 0 Å². The van der Waals surface area contributed by atoms with E-state index in [4.69, 9.17) is 0 Å². The summed E-state index contributed by atoms with van der Waals surface area (Å²) in [5.74, 6) is 0.672. The molecule has 0 aliphatic carbocycles. The third-order valence-electron chi connectivity index (χ3n) is 2.99. The number of halogens is 1. The van der Waals surface area contributed by atoms with Crippen molar-refractivity contribution >= 4 is 11.5 Å². The summed E-state index contributed by atoms with van der Waals surface area (Å²) in [6, 6.07) is 10.8. The van der Waals surface area contributed by atoms with Gasteiger partial charge in [0, 0.05) is 30.5 Å². The second kappa shape index (κ2) is 6.89. The zero-order chi connectivity index (χ0) is 14.4. The molecule has 0 aliphatic rings. The van der Waals surface area contributed by atoms with Crippen molar-refractivity contribution in [3.63, 3.8) is 0 Å². The molecule has 2 aromatic rings. The first-order chi connectivity index (χ1) is 9.67. The Labute approximate surface area is 119 Å². The van der Waals surface area contributed by atoms with Gasteiger partial charge in [0.05, 0.1) is 0 Å². The molecule has 0 aliphatic heterocycles. The highest BCUT2D eigenvalue weighted by Crippen LogP contribution is 2.14. The molecule has 20 heavy (non-hydrogen) atoms. The van der Waals surface area contributed by atoms with Gasteiger partial charge in [-0.1, -0.05) is 12.1 Å². The molecular weight excluding hydrogens is 253 g/mol. The maximum Gasteiger partial charge on any atom is 0.127 e. The number of rotatable bonds is 6. The van der Waals surface area contributed by atoms with Gasteiger partial charge in [0.25, 0.3) is 0 Å². The maximum absolute atomic E-state index is 12.9. The summed E-state index contributed by atoms with van der Waals surface area (Å²) in [6.45, 7) is 5.00. The van der Waals surface area contributed by atoms with Gasteiger partial charge < -0.3 is 10.6 Å². The van der Waals surface area contributed by atoms with Crippen LogP contribution in [0.2, 0.25) is 0 Å². The number of pyridine rings is 1. The molecule has 1 aromatic carbocycles. The van der Waals surface area contributed by atoms with E-state index >= 15 is 0 Å². The van der Waals surface area contributed by atoms with E-state index in [1.54, 1.807) is 6.20 Å². The number of hydrogen-bond donors (Lipinski definition) is 2. The number of hydrogen-bond acceptors (Lipinski definition) is 3. The molecule has 0 spiro atoms. The van der Waals surface area contributed by atoms with Crippen LogP contribution in [0.15, 0.2) is 42.6 Å². The Hall–Kier alpha value is -2.10. The molecule has 1 heterocycles. The molecule has 0 radical (unpaired) electrons. The van der Waals surface area contributed by atoms with Gasteiger partial charge in [0.15, 0.2) is 0 Å². The predicted molar refractivity (Wildman–Crippen MR) is 81.6 cm³/mol. The third kappa shape index (κ3) is 4.23. The molecule has 3 nitrogen and oxygen atoms in total. The normalized spacial score (nSPS) is 11.9. The minimum atomic E-state index is -0.196. The van der Waals surface area contributed by atoms with Crippen LogP contribution in [0.4, 0.5) is 15.9 Å². The Morgan fingerprint density at radius 2 is 1.95 bits per heavy atom. The first-order valence-electron chi connectivity index (χ1n) is 6.88. The summed E-state index contributed by atoms with van der Waals surface area (Å²) in [4.78, 5) is 4.24. The van der Waals surface area contributed by atoms with Crippen molar-refractivity contribution in [2.45, 2.75) is 26.3 Å². The van der Waals surface area contributed by atoms with Crippen LogP contribution < -0.4 is 10.6 Å². The van der Waals surface area contributed by atoms with Gasteiger partial charge in [-0.05, 0) is 44.0 Å². The summed E-state index contributed by atoms with van der Waals surface area (Å²) in [5, 5.41) is 6.61. The topological polar surface area (TPSA) is 37.0 Å². The molecule has 1 unspecified atom stereocenters. The molecule has 1 atom stereocenters. The molecule has 106 valence electrons. The van der Waals surface area contributed by atoms with Gasteiger partial charge in [-0.15, -0.1) is 0 Å². The molecule has 0 bridgehead atoms. The van der Waals surface area contributed by atoms with E-state index in [9.17, 15) is 4.39 Å². The molecule has 0 amide bonds. The van der Waals surface area contributed by atoms with Gasteiger partial charge in [-0.3, -0.25) is 0 Å². The summed E-state index contributed by atoms with van der Waals surface area (Å²) in [5.41, 5.74) is 2.15. The highest BCUT2D eigenvalue weighted by atomic mass is 19.1. The van der Waals surface area contributed by atoms with Crippen molar-refractivity contribution in [3.05, 3.63) is 54.0 Å². The molecule has 2 N–H and O–H groups in total. The average Bonchev–Trinajstić information content (AvgIpc) is 2.42. The quantitative estimate of drug-likeness (QED) is 0.842. The van der Waals surface area contributed by atoms with Crippen LogP contribution in [0.1, 0.15) is 19.4 Å². The Kier molecular flexibility index (Phi) is 4.93. The fourth-order valence-electron chi connectivity index (χ4n) is 2.11. The lowest BCUT2D eigenvalue weighted by molar-refractivity contribution is 0.626. The standard InChI is InChI=1S/C16H20FN3/c1-3-18-16-11-15(8-9-19-16)20-12(2)10-13-4-6-14(17)7-5-13/h4-9,11-12H,3,10H2,1-2H3,(H2,18,19,20). The van der Waals surface area contributed by atoms with Crippen LogP contribution in [0.3, 0.4) is 0 Å². The summed E-state index contributed by atoms with van der Waals surface area (Å²) >= 11 is 0. The first kappa shape index (κ1) is 14.3. The predicted octanol–water partition coefficient (Wildman–Crippen LogP) is 3.70. The smallest absolute Gasteiger partial charge is 0.127 e. The Bertz CT molecular complexity index is 540. The maximum atomic E-state index is 12.9. The number of nitrogens with zero attached hydrogens (tertiary/aromatic N) is 1. The lowest BCUT2D eigenvalue weighted by Gasteiger charge is -2.16.